The molecule has 1 aliphatic rings. The van der Waals surface area contributed by atoms with Crippen molar-refractivity contribution in [1.29, 1.82) is 0 Å². The van der Waals surface area contributed by atoms with E-state index in [1.807, 2.05) is 61.7 Å². The van der Waals surface area contributed by atoms with Gasteiger partial charge in [-0.1, -0.05) is 36.4 Å². The number of rotatable bonds is 9. The minimum absolute atomic E-state index is 0.0489. The molecule has 2 aromatic heterocycles. The minimum Gasteiger partial charge on any atom is -0.464 e. The van der Waals surface area contributed by atoms with Crippen LogP contribution in [-0.2, 0) is 4.74 Å². The van der Waals surface area contributed by atoms with E-state index in [4.69, 9.17) is 4.74 Å². The third kappa shape index (κ3) is 8.31. The van der Waals surface area contributed by atoms with Gasteiger partial charge in [-0.15, -0.1) is 0 Å². The van der Waals surface area contributed by atoms with E-state index in [0.717, 1.165) is 50.5 Å². The highest BCUT2D eigenvalue weighted by molar-refractivity contribution is 5.95. The summed E-state index contributed by atoms with van der Waals surface area (Å²) < 4.78 is 19.4. The molecule has 5 rings (SSSR count). The topological polar surface area (TPSA) is 80.6 Å². The molecule has 214 valence electrons. The van der Waals surface area contributed by atoms with Crippen LogP contribution in [0.4, 0.5) is 10.2 Å². The average Bonchev–Trinajstić information content (AvgIpc) is 3.52. The Balaban J connectivity index is 0.000000201. The van der Waals surface area contributed by atoms with Crippen LogP contribution in [0.1, 0.15) is 52.2 Å². The van der Waals surface area contributed by atoms with Gasteiger partial charge in [0.2, 0.25) is 0 Å². The number of hydrogen-bond acceptors (Lipinski definition) is 7. The highest BCUT2D eigenvalue weighted by Gasteiger charge is 2.18. The fraction of sp³-hybridized carbons (Fsp3) is 0.312. The van der Waals surface area contributed by atoms with Gasteiger partial charge < -0.3 is 14.2 Å². The van der Waals surface area contributed by atoms with Crippen LogP contribution in [-0.4, -0.2) is 71.0 Å². The summed E-state index contributed by atoms with van der Waals surface area (Å²) in [7, 11) is 1.37. The Morgan fingerprint density at radius 2 is 1.66 bits per heavy atom. The first-order valence-electron chi connectivity index (χ1n) is 13.8. The number of esters is 1. The van der Waals surface area contributed by atoms with Gasteiger partial charge in [-0.05, 0) is 61.9 Å². The summed E-state index contributed by atoms with van der Waals surface area (Å²) in [6.07, 6.45) is 6.32. The summed E-state index contributed by atoms with van der Waals surface area (Å²) >= 11 is 0. The molecular formula is C32H36FN5O3. The maximum Gasteiger partial charge on any atom is 0.356 e. The first kappa shape index (κ1) is 29.6. The average molecular weight is 558 g/mol. The first-order valence-corrected chi connectivity index (χ1v) is 13.8. The van der Waals surface area contributed by atoms with E-state index in [0.29, 0.717) is 17.7 Å². The Kier molecular flexibility index (Phi) is 10.7. The van der Waals surface area contributed by atoms with Gasteiger partial charge >= 0.3 is 5.97 Å². The molecular weight excluding hydrogens is 521 g/mol. The number of hydrogen-bond donors (Lipinski definition) is 0. The monoisotopic (exact) mass is 557 g/mol. The van der Waals surface area contributed by atoms with Crippen molar-refractivity contribution in [3.05, 3.63) is 114 Å². The quantitative estimate of drug-likeness (QED) is 0.205. The molecule has 0 bridgehead atoms. The zero-order valence-corrected chi connectivity index (χ0v) is 23.5. The number of Topliss-reactive ketones (excluding diaryl/α,β-unsaturated/α-hetero) is 1. The van der Waals surface area contributed by atoms with Crippen LogP contribution in [0.25, 0.3) is 0 Å². The Labute approximate surface area is 240 Å². The molecule has 0 radical (unpaired) electrons. The number of ether oxygens (including phenoxy) is 1. The lowest BCUT2D eigenvalue weighted by Crippen LogP contribution is -2.46. The van der Waals surface area contributed by atoms with Gasteiger partial charge in [-0.25, -0.2) is 19.2 Å². The molecule has 4 aromatic rings. The van der Waals surface area contributed by atoms with Crippen molar-refractivity contribution in [3.8, 4) is 0 Å². The van der Waals surface area contributed by atoms with E-state index >= 15 is 0 Å². The molecule has 1 saturated heterocycles. The van der Waals surface area contributed by atoms with Gasteiger partial charge in [0.05, 0.1) is 25.7 Å². The van der Waals surface area contributed by atoms with Gasteiger partial charge in [0.25, 0.3) is 0 Å². The second-order valence-electron chi connectivity index (χ2n) is 9.81. The zero-order chi connectivity index (χ0) is 29.0. The number of methoxy groups -OCH3 is 1. The van der Waals surface area contributed by atoms with Crippen molar-refractivity contribution < 1.29 is 18.7 Å². The van der Waals surface area contributed by atoms with E-state index in [9.17, 15) is 14.0 Å². The predicted octanol–water partition coefficient (Wildman–Crippen LogP) is 5.28. The summed E-state index contributed by atoms with van der Waals surface area (Å²) in [6.45, 7) is 6.83. The van der Waals surface area contributed by atoms with E-state index in [1.165, 1.54) is 25.4 Å². The molecule has 9 heteroatoms. The summed E-state index contributed by atoms with van der Waals surface area (Å²) in [5, 5.41) is 0. The van der Waals surface area contributed by atoms with Crippen molar-refractivity contribution in [2.24, 2.45) is 0 Å². The molecule has 0 N–H and O–H groups in total. The number of nitrogens with zero attached hydrogens (tertiary/aromatic N) is 5. The molecule has 0 aliphatic carbocycles. The number of pyridine rings is 1. The number of benzene rings is 2. The molecule has 1 atom stereocenters. The first-order chi connectivity index (χ1) is 20.0. The summed E-state index contributed by atoms with van der Waals surface area (Å²) in [4.78, 5) is 36.7. The van der Waals surface area contributed by atoms with E-state index in [1.54, 1.807) is 23.0 Å². The largest absolute Gasteiger partial charge is 0.464 e. The number of ketones is 1. The van der Waals surface area contributed by atoms with Gasteiger partial charge in [0, 0.05) is 44.4 Å². The number of aromatic nitrogens is 3. The van der Waals surface area contributed by atoms with Gasteiger partial charge in [0.15, 0.2) is 5.78 Å². The SMILES string of the molecule is COC(=O)c1cncn1C(C)c1ccccc1.O=C(CCCN1CCN(c2ccccn2)CC1)c1ccc(F)cc1. The molecule has 1 aliphatic heterocycles. The van der Waals surface area contributed by atoms with E-state index in [2.05, 4.69) is 19.8 Å². The van der Waals surface area contributed by atoms with Crippen LogP contribution in [0.2, 0.25) is 0 Å². The lowest BCUT2D eigenvalue weighted by Gasteiger charge is -2.35. The van der Waals surface area contributed by atoms with Crippen LogP contribution in [0.5, 0.6) is 0 Å². The maximum absolute atomic E-state index is 12.9. The summed E-state index contributed by atoms with van der Waals surface area (Å²) in [6, 6.07) is 21.8. The fourth-order valence-corrected chi connectivity index (χ4v) is 4.75. The molecule has 1 unspecified atom stereocenters. The fourth-order valence-electron chi connectivity index (χ4n) is 4.75. The standard InChI is InChI=1S/C19H22FN3O.C13H14N2O2/c20-17-8-6-16(7-9-17)18(24)4-3-11-22-12-14-23(15-13-22)19-5-1-2-10-21-19;1-10(11-6-4-3-5-7-11)15-9-14-8-12(15)13(16)17-2/h1-2,5-10H,3-4,11-15H2;3-10H,1-2H3. The van der Waals surface area contributed by atoms with Crippen molar-refractivity contribution in [1.82, 2.24) is 19.4 Å². The minimum atomic E-state index is -0.370. The molecule has 0 saturated carbocycles. The Morgan fingerprint density at radius 3 is 2.32 bits per heavy atom. The third-order valence-corrected chi connectivity index (χ3v) is 7.15. The lowest BCUT2D eigenvalue weighted by molar-refractivity contribution is 0.0587. The van der Waals surface area contributed by atoms with Crippen LogP contribution in [0.3, 0.4) is 0 Å². The second-order valence-corrected chi connectivity index (χ2v) is 9.81. The summed E-state index contributed by atoms with van der Waals surface area (Å²) in [5.41, 5.74) is 2.18. The van der Waals surface area contributed by atoms with Crippen LogP contribution < -0.4 is 4.90 Å². The predicted molar refractivity (Wildman–Crippen MR) is 157 cm³/mol. The number of halogens is 1. The highest BCUT2D eigenvalue weighted by Crippen LogP contribution is 2.19. The molecule has 1 fully saturated rings. The number of carbonyl (C=O) groups is 2. The van der Waals surface area contributed by atoms with Crippen LogP contribution in [0, 0.1) is 5.82 Å². The Bertz CT molecular complexity index is 1370. The number of imidazole rings is 1. The molecule has 3 heterocycles. The van der Waals surface area contributed by atoms with E-state index in [-0.39, 0.29) is 23.6 Å². The number of piperazine rings is 1. The third-order valence-electron chi connectivity index (χ3n) is 7.15. The molecule has 0 spiro atoms. The van der Waals surface area contributed by atoms with Crippen molar-refractivity contribution >= 4 is 17.6 Å². The van der Waals surface area contributed by atoms with Crippen molar-refractivity contribution in [2.45, 2.75) is 25.8 Å². The Morgan fingerprint density at radius 1 is 0.951 bits per heavy atom. The second kappa shape index (κ2) is 14.9. The van der Waals surface area contributed by atoms with Crippen molar-refractivity contribution in [2.75, 3.05) is 44.7 Å². The molecule has 2 aromatic carbocycles. The molecule has 41 heavy (non-hydrogen) atoms. The summed E-state index contributed by atoms with van der Waals surface area (Å²) in [5.74, 6) is 0.438. The zero-order valence-electron chi connectivity index (χ0n) is 23.5. The van der Waals surface area contributed by atoms with Gasteiger partial charge in [0.1, 0.15) is 17.3 Å². The molecule has 8 nitrogen and oxygen atoms in total. The number of carbonyl (C=O) groups excluding carboxylic acids is 2. The van der Waals surface area contributed by atoms with E-state index < -0.39 is 0 Å². The van der Waals surface area contributed by atoms with Gasteiger partial charge in [-0.2, -0.15) is 0 Å². The smallest absolute Gasteiger partial charge is 0.356 e. The van der Waals surface area contributed by atoms with Crippen molar-refractivity contribution in [3.63, 3.8) is 0 Å². The number of anilines is 1. The lowest BCUT2D eigenvalue weighted by atomic mass is 10.1. The molecule has 0 amide bonds. The van der Waals surface area contributed by atoms with Crippen LogP contribution >= 0.6 is 0 Å². The Hall–Kier alpha value is -4.37. The highest BCUT2D eigenvalue weighted by atomic mass is 19.1. The maximum atomic E-state index is 12.9. The van der Waals surface area contributed by atoms with Gasteiger partial charge in [-0.3, -0.25) is 9.69 Å². The van der Waals surface area contributed by atoms with Crippen LogP contribution in [0.15, 0.2) is 91.5 Å². The normalized spacial score (nSPS) is 14.1.